The first kappa shape index (κ1) is 15.2. The predicted molar refractivity (Wildman–Crippen MR) is 46.8 cm³/mol. The minimum absolute atomic E-state index is 0. The van der Waals surface area contributed by atoms with Crippen molar-refractivity contribution in [1.29, 1.82) is 0 Å². The number of aliphatic carboxylic acids is 1. The Morgan fingerprint density at radius 1 is 1.58 bits per heavy atom. The van der Waals surface area contributed by atoms with Crippen molar-refractivity contribution in [2.45, 2.75) is 6.04 Å². The monoisotopic (exact) mass is 225 g/mol. The van der Waals surface area contributed by atoms with E-state index in [0.29, 0.717) is 0 Å². The maximum atomic E-state index is 10.0. The zero-order valence-electron chi connectivity index (χ0n) is 5.30. The van der Waals surface area contributed by atoms with Crippen molar-refractivity contribution >= 4 is 55.5 Å². The van der Waals surface area contributed by atoms with E-state index in [1.165, 1.54) is 0 Å². The van der Waals surface area contributed by atoms with Crippen molar-refractivity contribution in [3.8, 4) is 0 Å². The first-order valence-electron chi connectivity index (χ1n) is 2.43. The fourth-order valence-corrected chi connectivity index (χ4v) is 1.65. The van der Waals surface area contributed by atoms with Crippen LogP contribution in [0.15, 0.2) is 0 Å². The molecule has 6 nitrogen and oxygen atoms in total. The van der Waals surface area contributed by atoms with Gasteiger partial charge in [0.2, 0.25) is 0 Å². The molecule has 0 aromatic heterocycles. The molecule has 0 aliphatic rings. The van der Waals surface area contributed by atoms with Crippen molar-refractivity contribution in [3.05, 3.63) is 0 Å². The number of hydrogen-bond acceptors (Lipinski definition) is 5. The van der Waals surface area contributed by atoms with E-state index in [1.54, 1.807) is 0 Å². The Labute approximate surface area is 95.3 Å². The van der Waals surface area contributed by atoms with E-state index in [2.05, 4.69) is 0 Å². The van der Waals surface area contributed by atoms with Crippen LogP contribution in [0.3, 0.4) is 0 Å². The van der Waals surface area contributed by atoms with Gasteiger partial charge in [0, 0.05) is 5.75 Å². The van der Waals surface area contributed by atoms with Crippen LogP contribution in [-0.4, -0.2) is 65.4 Å². The van der Waals surface area contributed by atoms with E-state index in [4.69, 9.17) is 15.4 Å². The van der Waals surface area contributed by atoms with Crippen molar-refractivity contribution in [3.63, 3.8) is 0 Å². The summed E-state index contributed by atoms with van der Waals surface area (Å²) in [4.78, 5) is 10.0. The second kappa shape index (κ2) is 6.19. The molecule has 0 saturated heterocycles. The summed E-state index contributed by atoms with van der Waals surface area (Å²) < 4.78 is 28.2. The summed E-state index contributed by atoms with van der Waals surface area (Å²) >= 11 is 0. The van der Waals surface area contributed by atoms with Crippen molar-refractivity contribution < 1.29 is 22.9 Å². The number of hydrogen-bond donors (Lipinski definition) is 3. The SMILES string of the molecule is N[C@H](CSS(=O)(=O)O)C(=O)O.[NaH]. The van der Waals surface area contributed by atoms with E-state index in [9.17, 15) is 13.2 Å². The molecule has 0 spiro atoms. The van der Waals surface area contributed by atoms with E-state index < -0.39 is 21.2 Å². The average Bonchev–Trinajstić information content (AvgIpc) is 1.80. The van der Waals surface area contributed by atoms with E-state index in [1.807, 2.05) is 0 Å². The minimum atomic E-state index is -4.18. The third-order valence-electron chi connectivity index (χ3n) is 0.714. The summed E-state index contributed by atoms with van der Waals surface area (Å²) in [6.45, 7) is 0. The van der Waals surface area contributed by atoms with Gasteiger partial charge in [-0.3, -0.25) is 9.35 Å². The number of carbonyl (C=O) groups is 1. The van der Waals surface area contributed by atoms with Crippen LogP contribution in [0.25, 0.3) is 0 Å². The van der Waals surface area contributed by atoms with Gasteiger partial charge in [-0.2, -0.15) is 8.42 Å². The van der Waals surface area contributed by atoms with Crippen LogP contribution in [0.2, 0.25) is 0 Å². The van der Waals surface area contributed by atoms with Crippen molar-refractivity contribution in [2.75, 3.05) is 5.75 Å². The van der Waals surface area contributed by atoms with Gasteiger partial charge in [0.15, 0.2) is 0 Å². The number of carboxylic acid groups (broad SMARTS) is 1. The molecular formula is C3H8NNaO5S2. The Morgan fingerprint density at radius 3 is 2.25 bits per heavy atom. The summed E-state index contributed by atoms with van der Waals surface area (Å²) in [5.74, 6) is -1.67. The standard InChI is InChI=1S/C3H7NO5S2.Na.H/c4-2(3(5)6)1-10-11(7,8)9;;/h2H,1,4H2,(H,5,6)(H,7,8,9);;/t2-;;/m1../s1. The molecule has 0 aliphatic heterocycles. The molecule has 0 rings (SSSR count). The molecule has 0 fully saturated rings. The first-order chi connectivity index (χ1) is 4.83. The second-order valence-electron chi connectivity index (χ2n) is 1.66. The molecule has 0 saturated carbocycles. The molecule has 0 aromatic carbocycles. The van der Waals surface area contributed by atoms with Crippen LogP contribution in [0.5, 0.6) is 0 Å². The summed E-state index contributed by atoms with van der Waals surface area (Å²) in [6, 6.07) is -1.28. The van der Waals surface area contributed by atoms with Crippen LogP contribution in [0, 0.1) is 0 Å². The molecule has 0 bridgehead atoms. The zero-order chi connectivity index (χ0) is 9.07. The summed E-state index contributed by atoms with van der Waals surface area (Å²) in [5, 5.41) is 8.16. The van der Waals surface area contributed by atoms with Gasteiger partial charge >= 0.3 is 44.7 Å². The van der Waals surface area contributed by atoms with Crippen molar-refractivity contribution in [1.82, 2.24) is 0 Å². The molecule has 0 radical (unpaired) electrons. The van der Waals surface area contributed by atoms with Gasteiger partial charge in [-0.25, -0.2) is 0 Å². The summed E-state index contributed by atoms with van der Waals surface area (Å²) in [6.07, 6.45) is 0. The molecule has 9 heteroatoms. The van der Waals surface area contributed by atoms with Crippen LogP contribution in [0.4, 0.5) is 0 Å². The third-order valence-corrected chi connectivity index (χ3v) is 2.81. The van der Waals surface area contributed by atoms with Gasteiger partial charge in [-0.1, -0.05) is 0 Å². The normalized spacial score (nSPS) is 13.2. The van der Waals surface area contributed by atoms with Crippen LogP contribution in [0.1, 0.15) is 0 Å². The quantitative estimate of drug-likeness (QED) is 0.296. The third kappa shape index (κ3) is 8.78. The summed E-state index contributed by atoms with van der Waals surface area (Å²) in [5.41, 5.74) is 4.93. The zero-order valence-corrected chi connectivity index (χ0v) is 6.93. The topological polar surface area (TPSA) is 118 Å². The average molecular weight is 225 g/mol. The summed E-state index contributed by atoms with van der Waals surface area (Å²) in [7, 11) is -4.09. The molecule has 0 aromatic rings. The molecule has 0 amide bonds. The van der Waals surface area contributed by atoms with Crippen LogP contribution in [-0.2, 0) is 13.9 Å². The molecule has 12 heavy (non-hydrogen) atoms. The van der Waals surface area contributed by atoms with Gasteiger partial charge in [-0.05, 0) is 10.8 Å². The van der Waals surface area contributed by atoms with E-state index in [-0.39, 0.29) is 46.1 Å². The Morgan fingerprint density at radius 2 is 2.00 bits per heavy atom. The number of carboxylic acids is 1. The molecule has 1 atom stereocenters. The van der Waals surface area contributed by atoms with Gasteiger partial charge < -0.3 is 10.8 Å². The predicted octanol–water partition coefficient (Wildman–Crippen LogP) is -1.71. The second-order valence-corrected chi connectivity index (χ2v) is 5.05. The molecule has 0 heterocycles. The van der Waals surface area contributed by atoms with Crippen LogP contribution < -0.4 is 5.73 Å². The molecule has 68 valence electrons. The van der Waals surface area contributed by atoms with Gasteiger partial charge in [-0.15, -0.1) is 0 Å². The molecule has 4 N–H and O–H groups in total. The Kier molecular flexibility index (Phi) is 7.83. The van der Waals surface area contributed by atoms with Crippen molar-refractivity contribution in [2.24, 2.45) is 5.73 Å². The number of nitrogens with two attached hydrogens (primary N) is 1. The van der Waals surface area contributed by atoms with E-state index in [0.717, 1.165) is 0 Å². The van der Waals surface area contributed by atoms with Gasteiger partial charge in [0.1, 0.15) is 6.04 Å². The molecule has 0 aliphatic carbocycles. The maximum absolute atomic E-state index is 10.0. The van der Waals surface area contributed by atoms with Gasteiger partial charge in [0.25, 0.3) is 0 Å². The Balaban J connectivity index is 0. The molecule has 0 unspecified atom stereocenters. The van der Waals surface area contributed by atoms with Crippen LogP contribution >= 0.6 is 10.8 Å². The molecular weight excluding hydrogens is 217 g/mol. The fourth-order valence-electron chi connectivity index (χ4n) is 0.231. The van der Waals surface area contributed by atoms with E-state index >= 15 is 0 Å². The fraction of sp³-hybridized carbons (Fsp3) is 0.667. The Bertz CT molecular complexity index is 239. The van der Waals surface area contributed by atoms with Gasteiger partial charge in [0.05, 0.1) is 0 Å². The first-order valence-corrected chi connectivity index (χ1v) is 5.37. The number of rotatable bonds is 4. The Hall–Kier alpha value is 0.690.